The predicted octanol–water partition coefficient (Wildman–Crippen LogP) is 1.41. The van der Waals surface area contributed by atoms with Gasteiger partial charge in [-0.2, -0.15) is 0 Å². The standard InChI is InChI=1S/C11H18N2O/c1-7(2)10(12)11(14)9-5-4-8(3)6-13-9/h4-7,10-11,14H,12H2,1-3H3. The van der Waals surface area contributed by atoms with E-state index in [-0.39, 0.29) is 12.0 Å². The van der Waals surface area contributed by atoms with Crippen LogP contribution < -0.4 is 5.73 Å². The highest BCUT2D eigenvalue weighted by Crippen LogP contribution is 2.18. The van der Waals surface area contributed by atoms with Gasteiger partial charge in [0.15, 0.2) is 0 Å². The molecule has 0 saturated carbocycles. The van der Waals surface area contributed by atoms with Crippen LogP contribution in [0.1, 0.15) is 31.2 Å². The van der Waals surface area contributed by atoms with Gasteiger partial charge in [-0.05, 0) is 24.5 Å². The Balaban J connectivity index is 2.78. The highest BCUT2D eigenvalue weighted by atomic mass is 16.3. The monoisotopic (exact) mass is 194 g/mol. The van der Waals surface area contributed by atoms with Gasteiger partial charge >= 0.3 is 0 Å². The second-order valence-corrected chi connectivity index (χ2v) is 4.03. The van der Waals surface area contributed by atoms with Crippen LogP contribution in [0, 0.1) is 12.8 Å². The number of aromatic nitrogens is 1. The highest BCUT2D eigenvalue weighted by Gasteiger charge is 2.20. The molecule has 3 nitrogen and oxygen atoms in total. The molecule has 0 saturated heterocycles. The molecule has 1 rings (SSSR count). The number of hydrogen-bond donors (Lipinski definition) is 2. The zero-order valence-electron chi connectivity index (χ0n) is 8.94. The number of aliphatic hydroxyl groups is 1. The SMILES string of the molecule is Cc1ccc(C(O)C(N)C(C)C)nc1. The lowest BCUT2D eigenvalue weighted by Gasteiger charge is -2.21. The van der Waals surface area contributed by atoms with E-state index in [2.05, 4.69) is 4.98 Å². The molecule has 14 heavy (non-hydrogen) atoms. The van der Waals surface area contributed by atoms with Crippen molar-refractivity contribution in [1.82, 2.24) is 4.98 Å². The first-order chi connectivity index (χ1) is 6.52. The fraction of sp³-hybridized carbons (Fsp3) is 0.545. The fourth-order valence-electron chi connectivity index (χ4n) is 1.22. The molecular weight excluding hydrogens is 176 g/mol. The van der Waals surface area contributed by atoms with Crippen molar-refractivity contribution >= 4 is 0 Å². The van der Waals surface area contributed by atoms with Gasteiger partial charge in [0, 0.05) is 12.2 Å². The molecule has 0 aliphatic carbocycles. The third-order valence-corrected chi connectivity index (χ3v) is 2.37. The second-order valence-electron chi connectivity index (χ2n) is 4.03. The van der Waals surface area contributed by atoms with E-state index in [1.54, 1.807) is 6.20 Å². The zero-order valence-corrected chi connectivity index (χ0v) is 8.94. The van der Waals surface area contributed by atoms with Crippen molar-refractivity contribution in [1.29, 1.82) is 0 Å². The minimum absolute atomic E-state index is 0.244. The van der Waals surface area contributed by atoms with Gasteiger partial charge in [0.25, 0.3) is 0 Å². The predicted molar refractivity (Wildman–Crippen MR) is 56.7 cm³/mol. The summed E-state index contributed by atoms with van der Waals surface area (Å²) in [7, 11) is 0. The summed E-state index contributed by atoms with van der Waals surface area (Å²) in [5, 5.41) is 9.86. The van der Waals surface area contributed by atoms with E-state index in [0.717, 1.165) is 5.56 Å². The molecule has 0 fully saturated rings. The maximum absolute atomic E-state index is 9.86. The Labute approximate surface area is 85.0 Å². The minimum atomic E-state index is -0.671. The van der Waals surface area contributed by atoms with Gasteiger partial charge in [0.05, 0.1) is 5.69 Å². The van der Waals surface area contributed by atoms with Crippen molar-refractivity contribution in [2.75, 3.05) is 0 Å². The van der Waals surface area contributed by atoms with Crippen molar-refractivity contribution in [3.8, 4) is 0 Å². The molecule has 2 unspecified atom stereocenters. The maximum Gasteiger partial charge on any atom is 0.111 e. The Kier molecular flexibility index (Phi) is 3.61. The van der Waals surface area contributed by atoms with E-state index >= 15 is 0 Å². The summed E-state index contributed by atoms with van der Waals surface area (Å²) in [4.78, 5) is 4.15. The number of hydrogen-bond acceptors (Lipinski definition) is 3. The minimum Gasteiger partial charge on any atom is -0.385 e. The van der Waals surface area contributed by atoms with Gasteiger partial charge in [-0.1, -0.05) is 19.9 Å². The Morgan fingerprint density at radius 1 is 1.36 bits per heavy atom. The molecule has 0 aliphatic heterocycles. The molecular formula is C11H18N2O. The van der Waals surface area contributed by atoms with E-state index in [0.29, 0.717) is 5.69 Å². The molecule has 1 aromatic rings. The second kappa shape index (κ2) is 4.53. The Morgan fingerprint density at radius 2 is 2.00 bits per heavy atom. The van der Waals surface area contributed by atoms with Crippen LogP contribution in [0.2, 0.25) is 0 Å². The molecule has 0 amide bonds. The van der Waals surface area contributed by atoms with Crippen molar-refractivity contribution in [3.63, 3.8) is 0 Å². The zero-order chi connectivity index (χ0) is 10.7. The number of nitrogens with two attached hydrogens (primary N) is 1. The van der Waals surface area contributed by atoms with Gasteiger partial charge in [-0.25, -0.2) is 0 Å². The van der Waals surface area contributed by atoms with Crippen LogP contribution in [0.4, 0.5) is 0 Å². The summed E-state index contributed by atoms with van der Waals surface area (Å²) < 4.78 is 0. The van der Waals surface area contributed by atoms with Crippen LogP contribution in [0.15, 0.2) is 18.3 Å². The summed E-state index contributed by atoms with van der Waals surface area (Å²) in [6, 6.07) is 3.49. The molecule has 2 atom stereocenters. The fourth-order valence-corrected chi connectivity index (χ4v) is 1.22. The molecule has 0 bridgehead atoms. The van der Waals surface area contributed by atoms with Crippen molar-refractivity contribution in [3.05, 3.63) is 29.6 Å². The molecule has 78 valence electrons. The lowest BCUT2D eigenvalue weighted by molar-refractivity contribution is 0.121. The first kappa shape index (κ1) is 11.1. The summed E-state index contributed by atoms with van der Waals surface area (Å²) in [6.45, 7) is 5.94. The lowest BCUT2D eigenvalue weighted by Crippen LogP contribution is -2.33. The van der Waals surface area contributed by atoms with Gasteiger partial charge in [0.1, 0.15) is 6.10 Å². The average molecular weight is 194 g/mol. The molecule has 3 heteroatoms. The van der Waals surface area contributed by atoms with Crippen LogP contribution in [0.3, 0.4) is 0 Å². The van der Waals surface area contributed by atoms with E-state index < -0.39 is 6.10 Å². The highest BCUT2D eigenvalue weighted by molar-refractivity contribution is 5.15. The Bertz CT molecular complexity index is 282. The molecule has 1 aromatic heterocycles. The van der Waals surface area contributed by atoms with Crippen LogP contribution in [-0.4, -0.2) is 16.1 Å². The van der Waals surface area contributed by atoms with E-state index in [1.165, 1.54) is 0 Å². The normalized spacial score (nSPS) is 15.6. The summed E-state index contributed by atoms with van der Waals surface area (Å²) >= 11 is 0. The molecule has 0 spiro atoms. The maximum atomic E-state index is 9.86. The summed E-state index contributed by atoms with van der Waals surface area (Å²) in [5.74, 6) is 0.244. The lowest BCUT2D eigenvalue weighted by atomic mass is 9.97. The van der Waals surface area contributed by atoms with E-state index in [1.807, 2.05) is 32.9 Å². The molecule has 3 N–H and O–H groups in total. The third kappa shape index (κ3) is 2.53. The van der Waals surface area contributed by atoms with Crippen LogP contribution >= 0.6 is 0 Å². The molecule has 0 aromatic carbocycles. The largest absolute Gasteiger partial charge is 0.385 e. The number of aliphatic hydroxyl groups excluding tert-OH is 1. The Hall–Kier alpha value is -0.930. The van der Waals surface area contributed by atoms with Gasteiger partial charge in [0.2, 0.25) is 0 Å². The van der Waals surface area contributed by atoms with Crippen LogP contribution in [-0.2, 0) is 0 Å². The number of nitrogens with zero attached hydrogens (tertiary/aromatic N) is 1. The summed E-state index contributed by atoms with van der Waals surface area (Å²) in [6.07, 6.45) is 1.07. The first-order valence-electron chi connectivity index (χ1n) is 4.88. The number of aryl methyl sites for hydroxylation is 1. The molecule has 0 radical (unpaired) electrons. The van der Waals surface area contributed by atoms with Gasteiger partial charge in [-0.15, -0.1) is 0 Å². The topological polar surface area (TPSA) is 59.1 Å². The van der Waals surface area contributed by atoms with E-state index in [9.17, 15) is 5.11 Å². The number of pyridine rings is 1. The van der Waals surface area contributed by atoms with Gasteiger partial charge in [-0.3, -0.25) is 4.98 Å². The third-order valence-electron chi connectivity index (χ3n) is 2.37. The molecule has 1 heterocycles. The average Bonchev–Trinajstić information content (AvgIpc) is 2.16. The van der Waals surface area contributed by atoms with Crippen molar-refractivity contribution < 1.29 is 5.11 Å². The first-order valence-corrected chi connectivity index (χ1v) is 4.88. The number of rotatable bonds is 3. The van der Waals surface area contributed by atoms with Crippen LogP contribution in [0.25, 0.3) is 0 Å². The van der Waals surface area contributed by atoms with E-state index in [4.69, 9.17) is 5.73 Å². The molecule has 0 aliphatic rings. The quantitative estimate of drug-likeness (QED) is 0.764. The van der Waals surface area contributed by atoms with Crippen LogP contribution in [0.5, 0.6) is 0 Å². The summed E-state index contributed by atoms with van der Waals surface area (Å²) in [5.41, 5.74) is 7.57. The Morgan fingerprint density at radius 3 is 2.43 bits per heavy atom. The van der Waals surface area contributed by atoms with Crippen molar-refractivity contribution in [2.45, 2.75) is 32.9 Å². The smallest absolute Gasteiger partial charge is 0.111 e. The van der Waals surface area contributed by atoms with Gasteiger partial charge < -0.3 is 10.8 Å². The van der Waals surface area contributed by atoms with Crippen molar-refractivity contribution in [2.24, 2.45) is 11.7 Å².